The molecule has 1 fully saturated rings. The average Bonchev–Trinajstić information content (AvgIpc) is 3.16. The molecule has 1 aliphatic heterocycles. The van der Waals surface area contributed by atoms with Gasteiger partial charge in [-0.25, -0.2) is 0 Å². The van der Waals surface area contributed by atoms with Gasteiger partial charge in [-0.2, -0.15) is 5.10 Å². The monoisotopic (exact) mass is 339 g/mol. The Morgan fingerprint density at radius 1 is 1.28 bits per heavy atom. The van der Waals surface area contributed by atoms with E-state index in [0.717, 1.165) is 37.7 Å². The molecule has 5 nitrogen and oxygen atoms in total. The molecule has 3 rings (SSSR count). The number of aryl methyl sites for hydroxylation is 2. The Kier molecular flexibility index (Phi) is 5.41. The summed E-state index contributed by atoms with van der Waals surface area (Å²) in [4.78, 5) is 6.88. The van der Waals surface area contributed by atoms with Gasteiger partial charge in [-0.15, -0.1) is 0 Å². The molecular weight excluding hydrogens is 310 g/mol. The van der Waals surface area contributed by atoms with Gasteiger partial charge in [-0.1, -0.05) is 30.3 Å². The highest BCUT2D eigenvalue weighted by atomic mass is 15.3. The van der Waals surface area contributed by atoms with Crippen molar-refractivity contribution in [3.8, 4) is 0 Å². The minimum atomic E-state index is 0.697. The first kappa shape index (κ1) is 17.5. The van der Waals surface area contributed by atoms with Gasteiger partial charge in [0.15, 0.2) is 5.96 Å². The molecular formula is C20H29N5. The molecule has 0 bridgehead atoms. The minimum absolute atomic E-state index is 0.697. The van der Waals surface area contributed by atoms with E-state index in [-0.39, 0.29) is 0 Å². The van der Waals surface area contributed by atoms with Crippen LogP contribution in [-0.4, -0.2) is 40.8 Å². The summed E-state index contributed by atoms with van der Waals surface area (Å²) in [5.41, 5.74) is 5.00. The number of likely N-dealkylation sites (tertiary alicyclic amines) is 1. The molecule has 134 valence electrons. The predicted molar refractivity (Wildman–Crippen MR) is 103 cm³/mol. The van der Waals surface area contributed by atoms with Crippen molar-refractivity contribution in [3.05, 3.63) is 52.8 Å². The molecule has 2 aromatic rings. The fraction of sp³-hybridized carbons (Fsp3) is 0.500. The Bertz CT molecular complexity index is 732. The van der Waals surface area contributed by atoms with Gasteiger partial charge in [0.05, 0.1) is 5.69 Å². The molecule has 0 spiro atoms. The molecule has 25 heavy (non-hydrogen) atoms. The van der Waals surface area contributed by atoms with Gasteiger partial charge in [-0.3, -0.25) is 9.67 Å². The summed E-state index contributed by atoms with van der Waals surface area (Å²) in [6, 6.07) is 10.8. The summed E-state index contributed by atoms with van der Waals surface area (Å²) in [6.07, 6.45) is 2.37. The highest BCUT2D eigenvalue weighted by Crippen LogP contribution is 2.21. The molecule has 1 aromatic carbocycles. The molecule has 1 unspecified atom stereocenters. The minimum Gasteiger partial charge on any atom is -0.352 e. The lowest BCUT2D eigenvalue weighted by molar-refractivity contribution is 0.459. The summed E-state index contributed by atoms with van der Waals surface area (Å²) >= 11 is 0. The number of guanidine groups is 1. The summed E-state index contributed by atoms with van der Waals surface area (Å²) in [7, 11) is 3.87. The van der Waals surface area contributed by atoms with Crippen molar-refractivity contribution in [3.63, 3.8) is 0 Å². The van der Waals surface area contributed by atoms with Crippen LogP contribution in [0.15, 0.2) is 35.3 Å². The highest BCUT2D eigenvalue weighted by molar-refractivity contribution is 5.80. The topological polar surface area (TPSA) is 45.5 Å². The van der Waals surface area contributed by atoms with Gasteiger partial charge < -0.3 is 10.2 Å². The molecule has 0 saturated carbocycles. The molecule has 1 aromatic heterocycles. The Morgan fingerprint density at radius 3 is 2.68 bits per heavy atom. The quantitative estimate of drug-likeness (QED) is 0.688. The fourth-order valence-corrected chi connectivity index (χ4v) is 3.71. The largest absolute Gasteiger partial charge is 0.352 e. The number of aliphatic imine (C=N–C) groups is 1. The van der Waals surface area contributed by atoms with Crippen molar-refractivity contribution in [2.45, 2.75) is 33.2 Å². The van der Waals surface area contributed by atoms with Crippen molar-refractivity contribution >= 4 is 5.96 Å². The van der Waals surface area contributed by atoms with E-state index in [1.165, 1.54) is 23.2 Å². The molecule has 0 aliphatic carbocycles. The van der Waals surface area contributed by atoms with Gasteiger partial charge in [0.1, 0.15) is 0 Å². The zero-order valence-corrected chi connectivity index (χ0v) is 15.8. The van der Waals surface area contributed by atoms with E-state index in [4.69, 9.17) is 0 Å². The lowest BCUT2D eigenvalue weighted by Gasteiger charge is -2.22. The molecule has 1 aliphatic rings. The molecule has 0 radical (unpaired) electrons. The molecule has 1 N–H and O–H groups in total. The van der Waals surface area contributed by atoms with Crippen LogP contribution in [0.5, 0.6) is 0 Å². The Balaban J connectivity index is 1.57. The Hall–Kier alpha value is -2.30. The first-order chi connectivity index (χ1) is 12.1. The van der Waals surface area contributed by atoms with Gasteiger partial charge in [0, 0.05) is 45.0 Å². The van der Waals surface area contributed by atoms with Crippen molar-refractivity contribution in [2.24, 2.45) is 18.0 Å². The van der Waals surface area contributed by atoms with Crippen LogP contribution in [0.25, 0.3) is 0 Å². The highest BCUT2D eigenvalue weighted by Gasteiger charge is 2.25. The number of nitrogens with zero attached hydrogens (tertiary/aromatic N) is 4. The van der Waals surface area contributed by atoms with E-state index in [1.54, 1.807) is 0 Å². The maximum atomic E-state index is 4.50. The second-order valence-corrected chi connectivity index (χ2v) is 6.96. The van der Waals surface area contributed by atoms with Gasteiger partial charge >= 0.3 is 0 Å². The number of hydrogen-bond donors (Lipinski definition) is 1. The fourth-order valence-electron chi connectivity index (χ4n) is 3.71. The zero-order valence-electron chi connectivity index (χ0n) is 15.8. The van der Waals surface area contributed by atoms with Crippen LogP contribution < -0.4 is 5.32 Å². The number of rotatable bonds is 4. The van der Waals surface area contributed by atoms with Gasteiger partial charge in [0.2, 0.25) is 0 Å². The van der Waals surface area contributed by atoms with Crippen LogP contribution in [0.1, 0.15) is 28.9 Å². The Labute approximate surface area is 150 Å². The van der Waals surface area contributed by atoms with Crippen LogP contribution in [-0.2, 0) is 20.0 Å². The van der Waals surface area contributed by atoms with Crippen LogP contribution in [0.2, 0.25) is 0 Å². The van der Waals surface area contributed by atoms with Gasteiger partial charge in [-0.05, 0) is 38.2 Å². The van der Waals surface area contributed by atoms with Crippen LogP contribution in [0.3, 0.4) is 0 Å². The normalized spacial score (nSPS) is 18.0. The maximum absolute atomic E-state index is 4.50. The first-order valence-electron chi connectivity index (χ1n) is 9.07. The smallest absolute Gasteiger partial charge is 0.193 e. The number of nitrogens with one attached hydrogen (secondary N) is 1. The standard InChI is InChI=1S/C20H29N5/c1-15-19(16(2)24(4)23-15)13-22-20(21-3)25-11-10-18(14-25)12-17-8-6-5-7-9-17/h5-9,18H,10-14H2,1-4H3,(H,21,22). The molecule has 1 saturated heterocycles. The zero-order chi connectivity index (χ0) is 17.8. The van der Waals surface area contributed by atoms with E-state index < -0.39 is 0 Å². The van der Waals surface area contributed by atoms with Crippen LogP contribution in [0, 0.1) is 19.8 Å². The summed E-state index contributed by atoms with van der Waals surface area (Å²) in [5, 5.41) is 8.02. The van der Waals surface area contributed by atoms with E-state index >= 15 is 0 Å². The SMILES string of the molecule is CN=C(NCc1c(C)nn(C)c1C)N1CCC(Cc2ccccc2)C1. The number of aromatic nitrogens is 2. The lowest BCUT2D eigenvalue weighted by atomic mass is 9.99. The summed E-state index contributed by atoms with van der Waals surface area (Å²) in [6.45, 7) is 7.10. The summed E-state index contributed by atoms with van der Waals surface area (Å²) in [5.74, 6) is 1.70. The number of benzene rings is 1. The van der Waals surface area contributed by atoms with Gasteiger partial charge in [0.25, 0.3) is 0 Å². The molecule has 5 heteroatoms. The second-order valence-electron chi connectivity index (χ2n) is 6.96. The van der Waals surface area contributed by atoms with Crippen LogP contribution in [0.4, 0.5) is 0 Å². The predicted octanol–water partition coefficient (Wildman–Crippen LogP) is 2.68. The summed E-state index contributed by atoms with van der Waals surface area (Å²) < 4.78 is 1.95. The van der Waals surface area contributed by atoms with Crippen molar-refractivity contribution in [2.75, 3.05) is 20.1 Å². The third kappa shape index (κ3) is 4.03. The first-order valence-corrected chi connectivity index (χ1v) is 9.07. The average molecular weight is 339 g/mol. The molecule has 2 heterocycles. The lowest BCUT2D eigenvalue weighted by Crippen LogP contribution is -2.39. The third-order valence-corrected chi connectivity index (χ3v) is 5.25. The van der Waals surface area contributed by atoms with E-state index in [1.807, 2.05) is 18.8 Å². The number of hydrogen-bond acceptors (Lipinski definition) is 2. The maximum Gasteiger partial charge on any atom is 0.193 e. The van der Waals surface area contributed by atoms with E-state index in [0.29, 0.717) is 5.92 Å². The third-order valence-electron chi connectivity index (χ3n) is 5.25. The molecule has 1 atom stereocenters. The van der Waals surface area contributed by atoms with E-state index in [9.17, 15) is 0 Å². The van der Waals surface area contributed by atoms with Crippen molar-refractivity contribution < 1.29 is 0 Å². The second kappa shape index (κ2) is 7.72. The van der Waals surface area contributed by atoms with Crippen molar-refractivity contribution in [1.82, 2.24) is 20.0 Å². The Morgan fingerprint density at radius 2 is 2.04 bits per heavy atom. The van der Waals surface area contributed by atoms with Crippen LogP contribution >= 0.6 is 0 Å². The van der Waals surface area contributed by atoms with E-state index in [2.05, 4.69) is 64.5 Å². The molecule has 0 amide bonds. The van der Waals surface area contributed by atoms with Crippen molar-refractivity contribution in [1.29, 1.82) is 0 Å².